The maximum atomic E-state index is 11.9. The molecule has 1 saturated heterocycles. The Hall–Kier alpha value is -0.770. The number of piperidine rings is 1. The lowest BCUT2D eigenvalue weighted by atomic mass is 9.82. The van der Waals surface area contributed by atoms with Gasteiger partial charge < -0.3 is 15.4 Å². The molecule has 0 aromatic carbocycles. The molecule has 0 unspecified atom stereocenters. The summed E-state index contributed by atoms with van der Waals surface area (Å²) in [6, 6.07) is 0.200. The summed E-state index contributed by atoms with van der Waals surface area (Å²) in [4.78, 5) is 13.7. The monoisotopic (exact) mass is 242 g/mol. The maximum Gasteiger partial charge on any atom is 0.410 e. The Balaban J connectivity index is 2.52. The summed E-state index contributed by atoms with van der Waals surface area (Å²) >= 11 is 0. The summed E-state index contributed by atoms with van der Waals surface area (Å²) < 4.78 is 5.38. The van der Waals surface area contributed by atoms with Gasteiger partial charge in [-0.2, -0.15) is 0 Å². The lowest BCUT2D eigenvalue weighted by Gasteiger charge is -2.39. The van der Waals surface area contributed by atoms with Crippen LogP contribution in [0, 0.1) is 11.8 Å². The largest absolute Gasteiger partial charge is 0.444 e. The Morgan fingerprint density at radius 1 is 1.47 bits per heavy atom. The number of hydrogen-bond donors (Lipinski definition) is 1. The van der Waals surface area contributed by atoms with Crippen LogP contribution in [0.3, 0.4) is 0 Å². The van der Waals surface area contributed by atoms with E-state index in [1.807, 2.05) is 27.7 Å². The Morgan fingerprint density at radius 3 is 2.47 bits per heavy atom. The lowest BCUT2D eigenvalue weighted by Crippen LogP contribution is -2.48. The minimum atomic E-state index is -0.418. The molecular formula is C13H26N2O2. The van der Waals surface area contributed by atoms with E-state index >= 15 is 0 Å². The quantitative estimate of drug-likeness (QED) is 0.767. The van der Waals surface area contributed by atoms with Crippen molar-refractivity contribution in [3.8, 4) is 0 Å². The molecule has 0 radical (unpaired) electrons. The minimum Gasteiger partial charge on any atom is -0.444 e. The summed E-state index contributed by atoms with van der Waals surface area (Å²) in [6.07, 6.45) is 0.769. The van der Waals surface area contributed by atoms with E-state index in [1.54, 1.807) is 4.90 Å². The van der Waals surface area contributed by atoms with Crippen molar-refractivity contribution in [2.45, 2.75) is 52.7 Å². The van der Waals surface area contributed by atoms with Crippen LogP contribution in [0.15, 0.2) is 0 Å². The van der Waals surface area contributed by atoms with E-state index < -0.39 is 5.60 Å². The second-order valence-electron chi connectivity index (χ2n) is 6.22. The van der Waals surface area contributed by atoms with Gasteiger partial charge in [-0.15, -0.1) is 0 Å². The zero-order valence-electron chi connectivity index (χ0n) is 11.7. The number of rotatable bonds is 1. The molecular weight excluding hydrogens is 216 g/mol. The van der Waals surface area contributed by atoms with E-state index in [2.05, 4.69) is 6.92 Å². The third-order valence-electron chi connectivity index (χ3n) is 3.30. The average molecular weight is 242 g/mol. The van der Waals surface area contributed by atoms with Crippen molar-refractivity contribution in [2.24, 2.45) is 17.6 Å². The van der Waals surface area contributed by atoms with Crippen molar-refractivity contribution >= 4 is 6.09 Å². The molecule has 0 spiro atoms. The number of nitrogens with zero attached hydrogens (tertiary/aromatic N) is 1. The van der Waals surface area contributed by atoms with Crippen LogP contribution in [-0.2, 0) is 4.74 Å². The first-order chi connectivity index (χ1) is 7.70. The van der Waals surface area contributed by atoms with E-state index in [0.29, 0.717) is 11.8 Å². The van der Waals surface area contributed by atoms with Crippen LogP contribution in [0.4, 0.5) is 4.79 Å². The summed E-state index contributed by atoms with van der Waals surface area (Å²) in [5.74, 6) is 0.949. The molecule has 0 aromatic heterocycles. The molecule has 4 heteroatoms. The first-order valence-electron chi connectivity index (χ1n) is 6.44. The van der Waals surface area contributed by atoms with E-state index in [9.17, 15) is 4.79 Å². The predicted octanol–water partition coefficient (Wildman–Crippen LogP) is 2.23. The van der Waals surface area contributed by atoms with Crippen molar-refractivity contribution in [1.29, 1.82) is 0 Å². The number of carbonyl (C=O) groups excluding carboxylic acids is 1. The molecule has 2 N–H and O–H groups in total. The summed E-state index contributed by atoms with van der Waals surface area (Å²) in [5, 5.41) is 0. The molecule has 1 fully saturated rings. The van der Waals surface area contributed by atoms with Gasteiger partial charge >= 0.3 is 6.09 Å². The minimum absolute atomic E-state index is 0.200. The van der Waals surface area contributed by atoms with Gasteiger partial charge in [-0.1, -0.05) is 6.92 Å². The molecule has 1 aliphatic heterocycles. The molecule has 1 rings (SSSR count). The Kier molecular flexibility index (Phi) is 4.42. The van der Waals surface area contributed by atoms with E-state index in [4.69, 9.17) is 10.5 Å². The Morgan fingerprint density at radius 2 is 2.06 bits per heavy atom. The van der Waals surface area contributed by atoms with Crippen molar-refractivity contribution in [3.05, 3.63) is 0 Å². The highest BCUT2D eigenvalue weighted by Gasteiger charge is 2.32. The summed E-state index contributed by atoms with van der Waals surface area (Å²) in [6.45, 7) is 11.4. The maximum absolute atomic E-state index is 11.9. The smallest absolute Gasteiger partial charge is 0.410 e. The number of carbonyl (C=O) groups is 1. The summed E-state index contributed by atoms with van der Waals surface area (Å²) in [7, 11) is 0. The number of likely N-dealkylation sites (tertiary alicyclic amines) is 1. The molecule has 4 nitrogen and oxygen atoms in total. The van der Waals surface area contributed by atoms with Gasteiger partial charge in [0, 0.05) is 19.1 Å². The molecule has 0 saturated carbocycles. The van der Waals surface area contributed by atoms with Crippen molar-refractivity contribution in [3.63, 3.8) is 0 Å². The normalized spacial score (nSPS) is 27.8. The molecule has 0 aromatic rings. The van der Waals surface area contributed by atoms with E-state index in [0.717, 1.165) is 19.5 Å². The first-order valence-corrected chi connectivity index (χ1v) is 6.44. The fraction of sp³-hybridized carbons (Fsp3) is 0.923. The van der Waals surface area contributed by atoms with Gasteiger partial charge in [-0.3, -0.25) is 0 Å². The fourth-order valence-electron chi connectivity index (χ4n) is 2.44. The molecule has 0 bridgehead atoms. The second kappa shape index (κ2) is 5.25. The van der Waals surface area contributed by atoms with Gasteiger partial charge in [-0.25, -0.2) is 4.79 Å². The van der Waals surface area contributed by atoms with Crippen LogP contribution in [0.25, 0.3) is 0 Å². The molecule has 0 aliphatic carbocycles. The molecule has 1 aliphatic rings. The zero-order valence-corrected chi connectivity index (χ0v) is 11.7. The number of ether oxygens (including phenoxy) is 1. The van der Waals surface area contributed by atoms with Crippen molar-refractivity contribution in [1.82, 2.24) is 4.90 Å². The highest BCUT2D eigenvalue weighted by atomic mass is 16.6. The van der Waals surface area contributed by atoms with Crippen LogP contribution in [0.1, 0.15) is 41.0 Å². The number of hydrogen-bond acceptors (Lipinski definition) is 3. The van der Waals surface area contributed by atoms with Crippen molar-refractivity contribution in [2.75, 3.05) is 13.1 Å². The highest BCUT2D eigenvalue weighted by Crippen LogP contribution is 2.26. The Labute approximate surface area is 104 Å². The average Bonchev–Trinajstić information content (AvgIpc) is 2.14. The van der Waals surface area contributed by atoms with Crippen LogP contribution >= 0.6 is 0 Å². The van der Waals surface area contributed by atoms with Crippen LogP contribution in [0.5, 0.6) is 0 Å². The lowest BCUT2D eigenvalue weighted by molar-refractivity contribution is 0.0102. The van der Waals surface area contributed by atoms with Gasteiger partial charge in [0.2, 0.25) is 0 Å². The van der Waals surface area contributed by atoms with Gasteiger partial charge in [0.1, 0.15) is 5.60 Å². The van der Waals surface area contributed by atoms with Crippen LogP contribution in [-0.4, -0.2) is 35.7 Å². The Bertz CT molecular complexity index is 271. The van der Waals surface area contributed by atoms with Crippen molar-refractivity contribution < 1.29 is 9.53 Å². The third kappa shape index (κ3) is 4.19. The predicted molar refractivity (Wildman–Crippen MR) is 68.7 cm³/mol. The van der Waals surface area contributed by atoms with E-state index in [1.165, 1.54) is 0 Å². The summed E-state index contributed by atoms with van der Waals surface area (Å²) in [5.41, 5.74) is 5.53. The second-order valence-corrected chi connectivity index (χ2v) is 6.22. The SMILES string of the molecule is C[C@H](N)[C@@H]1CCN(C(=O)OC(C)(C)C)C[C@@H]1C. The number of nitrogens with two attached hydrogens (primary N) is 1. The van der Waals surface area contributed by atoms with Gasteiger partial charge in [-0.05, 0) is 46.0 Å². The zero-order chi connectivity index (χ0) is 13.2. The third-order valence-corrected chi connectivity index (χ3v) is 3.30. The van der Waals surface area contributed by atoms with Crippen LogP contribution in [0.2, 0.25) is 0 Å². The fourth-order valence-corrected chi connectivity index (χ4v) is 2.44. The highest BCUT2D eigenvalue weighted by molar-refractivity contribution is 5.68. The molecule has 3 atom stereocenters. The van der Waals surface area contributed by atoms with Gasteiger partial charge in [0.25, 0.3) is 0 Å². The molecule has 1 heterocycles. The topological polar surface area (TPSA) is 55.6 Å². The molecule has 17 heavy (non-hydrogen) atoms. The van der Waals surface area contributed by atoms with E-state index in [-0.39, 0.29) is 12.1 Å². The number of amides is 1. The standard InChI is InChI=1S/C13H26N2O2/c1-9-8-15(7-6-11(9)10(2)14)12(16)17-13(3,4)5/h9-11H,6-8,14H2,1-5H3/t9-,10-,11+/m0/s1. The van der Waals surface area contributed by atoms with Crippen LogP contribution < -0.4 is 5.73 Å². The molecule has 1 amide bonds. The van der Waals surface area contributed by atoms with Gasteiger partial charge in [0.15, 0.2) is 0 Å². The molecule has 100 valence electrons. The first kappa shape index (κ1) is 14.3. The van der Waals surface area contributed by atoms with Gasteiger partial charge in [0.05, 0.1) is 0 Å².